The maximum Gasteiger partial charge on any atom is 0.121 e. The summed E-state index contributed by atoms with van der Waals surface area (Å²) in [5.41, 5.74) is 4.47. The predicted molar refractivity (Wildman–Crippen MR) is 102 cm³/mol. The Labute approximate surface area is 147 Å². The van der Waals surface area contributed by atoms with Gasteiger partial charge in [0.1, 0.15) is 11.6 Å². The first-order chi connectivity index (χ1) is 12.3. The number of hydrogen-bond acceptors (Lipinski definition) is 2. The van der Waals surface area contributed by atoms with Crippen LogP contribution in [0.1, 0.15) is 24.2 Å². The normalized spacial score (nSPS) is 12.2. The Balaban J connectivity index is 1.91. The third-order valence-electron chi connectivity index (χ3n) is 4.60. The third-order valence-corrected chi connectivity index (χ3v) is 4.60. The van der Waals surface area contributed by atoms with Gasteiger partial charge in [-0.1, -0.05) is 49.4 Å². The second kappa shape index (κ2) is 6.44. The van der Waals surface area contributed by atoms with E-state index in [1.165, 1.54) is 5.56 Å². The van der Waals surface area contributed by atoms with Gasteiger partial charge in [-0.05, 0) is 42.0 Å². The fourth-order valence-electron chi connectivity index (χ4n) is 3.23. The number of imidazole rings is 1. The monoisotopic (exact) mass is 328 g/mol. The molecule has 0 aliphatic carbocycles. The summed E-state index contributed by atoms with van der Waals surface area (Å²) in [6.07, 6.45) is 0. The predicted octanol–water partition coefficient (Wildman–Crippen LogP) is 5.19. The van der Waals surface area contributed by atoms with Crippen molar-refractivity contribution in [3.8, 4) is 11.4 Å². The zero-order chi connectivity index (χ0) is 17.2. The van der Waals surface area contributed by atoms with E-state index < -0.39 is 0 Å². The van der Waals surface area contributed by atoms with Crippen LogP contribution in [0, 0.1) is 0 Å². The van der Waals surface area contributed by atoms with Crippen molar-refractivity contribution in [3.05, 3.63) is 90.3 Å². The zero-order valence-electron chi connectivity index (χ0n) is 14.4. The average molecular weight is 328 g/mol. The van der Waals surface area contributed by atoms with E-state index in [-0.39, 0.29) is 5.92 Å². The summed E-state index contributed by atoms with van der Waals surface area (Å²) >= 11 is 0. The number of aromatic nitrogens is 2. The van der Waals surface area contributed by atoms with E-state index in [0.29, 0.717) is 0 Å². The lowest BCUT2D eigenvalue weighted by molar-refractivity contribution is 0.414. The van der Waals surface area contributed by atoms with Crippen molar-refractivity contribution in [2.24, 2.45) is 0 Å². The van der Waals surface area contributed by atoms with Crippen molar-refractivity contribution >= 4 is 11.0 Å². The molecule has 1 unspecified atom stereocenters. The van der Waals surface area contributed by atoms with Crippen LogP contribution in [0.2, 0.25) is 0 Å². The largest absolute Gasteiger partial charge is 0.497 e. The molecule has 3 aromatic carbocycles. The van der Waals surface area contributed by atoms with Crippen LogP contribution in [0.15, 0.2) is 78.9 Å². The highest BCUT2D eigenvalue weighted by atomic mass is 16.5. The van der Waals surface area contributed by atoms with Crippen molar-refractivity contribution in [1.29, 1.82) is 0 Å². The van der Waals surface area contributed by atoms with Gasteiger partial charge in [-0.2, -0.15) is 0 Å². The minimum absolute atomic E-state index is 0.190. The van der Waals surface area contributed by atoms with E-state index in [1.807, 2.05) is 24.3 Å². The van der Waals surface area contributed by atoms with Gasteiger partial charge in [0.2, 0.25) is 0 Å². The van der Waals surface area contributed by atoms with E-state index in [4.69, 9.17) is 9.72 Å². The summed E-state index contributed by atoms with van der Waals surface area (Å²) in [5.74, 6) is 2.08. The number of para-hydroxylation sites is 2. The number of benzene rings is 3. The molecule has 25 heavy (non-hydrogen) atoms. The molecule has 0 saturated carbocycles. The summed E-state index contributed by atoms with van der Waals surface area (Å²) < 4.78 is 7.54. The van der Waals surface area contributed by atoms with Gasteiger partial charge in [0.25, 0.3) is 0 Å². The Kier molecular flexibility index (Phi) is 3.98. The van der Waals surface area contributed by atoms with Gasteiger partial charge in [-0.15, -0.1) is 0 Å². The Bertz CT molecular complexity index is 988. The number of methoxy groups -OCH3 is 1. The highest BCUT2D eigenvalue weighted by Crippen LogP contribution is 2.30. The maximum atomic E-state index is 5.30. The molecular weight excluding hydrogens is 308 g/mol. The molecule has 124 valence electrons. The van der Waals surface area contributed by atoms with Gasteiger partial charge in [0.05, 0.1) is 18.1 Å². The number of nitrogens with zero attached hydrogens (tertiary/aromatic N) is 2. The number of fused-ring (bicyclic) bond motifs is 1. The molecule has 0 radical (unpaired) electrons. The fourth-order valence-corrected chi connectivity index (χ4v) is 3.23. The zero-order valence-corrected chi connectivity index (χ0v) is 14.4. The lowest BCUT2D eigenvalue weighted by Gasteiger charge is -2.15. The highest BCUT2D eigenvalue weighted by Gasteiger charge is 2.19. The SMILES string of the molecule is COc1ccc(-n2c(C(C)c3ccccc3)nc3ccccc32)cc1. The van der Waals surface area contributed by atoms with Crippen molar-refractivity contribution in [1.82, 2.24) is 9.55 Å². The van der Waals surface area contributed by atoms with Crippen LogP contribution >= 0.6 is 0 Å². The standard InChI is InChI=1S/C22H20N2O/c1-16(17-8-4-3-5-9-17)22-23-20-10-6-7-11-21(20)24(22)18-12-14-19(25-2)15-13-18/h3-16H,1-2H3. The van der Waals surface area contributed by atoms with Crippen molar-refractivity contribution < 1.29 is 4.74 Å². The van der Waals surface area contributed by atoms with E-state index in [1.54, 1.807) is 7.11 Å². The first-order valence-corrected chi connectivity index (χ1v) is 8.44. The summed E-state index contributed by atoms with van der Waals surface area (Å²) in [5, 5.41) is 0. The Morgan fingerprint density at radius 1 is 0.840 bits per heavy atom. The topological polar surface area (TPSA) is 27.1 Å². The van der Waals surface area contributed by atoms with Crippen molar-refractivity contribution in [3.63, 3.8) is 0 Å². The molecule has 0 amide bonds. The molecule has 4 aromatic rings. The first-order valence-electron chi connectivity index (χ1n) is 8.44. The molecule has 0 saturated heterocycles. The van der Waals surface area contributed by atoms with Crippen molar-refractivity contribution in [2.75, 3.05) is 7.11 Å². The van der Waals surface area contributed by atoms with Gasteiger partial charge >= 0.3 is 0 Å². The van der Waals surface area contributed by atoms with E-state index >= 15 is 0 Å². The van der Waals surface area contributed by atoms with Gasteiger partial charge in [-0.3, -0.25) is 4.57 Å². The molecule has 0 fully saturated rings. The molecule has 0 bridgehead atoms. The lowest BCUT2D eigenvalue weighted by atomic mass is 10.0. The molecule has 0 N–H and O–H groups in total. The summed E-state index contributed by atoms with van der Waals surface area (Å²) in [4.78, 5) is 4.94. The van der Waals surface area contributed by atoms with E-state index in [9.17, 15) is 0 Å². The van der Waals surface area contributed by atoms with Gasteiger partial charge in [0.15, 0.2) is 0 Å². The number of hydrogen-bond donors (Lipinski definition) is 0. The first kappa shape index (κ1) is 15.5. The Morgan fingerprint density at radius 2 is 1.52 bits per heavy atom. The summed E-state index contributed by atoms with van der Waals surface area (Å²) in [6, 6.07) is 26.9. The van der Waals surface area contributed by atoms with Crippen LogP contribution in [-0.4, -0.2) is 16.7 Å². The van der Waals surface area contributed by atoms with Crippen LogP contribution in [0.4, 0.5) is 0 Å². The maximum absolute atomic E-state index is 5.30. The molecule has 4 rings (SSSR count). The smallest absolute Gasteiger partial charge is 0.121 e. The van der Waals surface area contributed by atoms with Gasteiger partial charge in [0, 0.05) is 11.6 Å². The van der Waals surface area contributed by atoms with E-state index in [2.05, 4.69) is 66.1 Å². The second-order valence-corrected chi connectivity index (χ2v) is 6.12. The van der Waals surface area contributed by atoms with Crippen molar-refractivity contribution in [2.45, 2.75) is 12.8 Å². The van der Waals surface area contributed by atoms with Crippen LogP contribution in [-0.2, 0) is 0 Å². The average Bonchev–Trinajstić information content (AvgIpc) is 3.07. The van der Waals surface area contributed by atoms with Crippen LogP contribution in [0.3, 0.4) is 0 Å². The Morgan fingerprint density at radius 3 is 2.24 bits per heavy atom. The molecule has 3 nitrogen and oxygen atoms in total. The summed E-state index contributed by atoms with van der Waals surface area (Å²) in [7, 11) is 1.69. The Hall–Kier alpha value is -3.07. The fraction of sp³-hybridized carbons (Fsp3) is 0.136. The minimum atomic E-state index is 0.190. The van der Waals surface area contributed by atoms with Gasteiger partial charge < -0.3 is 4.74 Å². The van der Waals surface area contributed by atoms with E-state index in [0.717, 1.165) is 28.3 Å². The molecule has 1 heterocycles. The van der Waals surface area contributed by atoms with Gasteiger partial charge in [-0.25, -0.2) is 4.98 Å². The number of ether oxygens (including phenoxy) is 1. The molecule has 0 aliphatic heterocycles. The van der Waals surface area contributed by atoms with Crippen LogP contribution in [0.25, 0.3) is 16.7 Å². The molecule has 1 atom stereocenters. The lowest BCUT2D eigenvalue weighted by Crippen LogP contribution is -2.06. The molecule has 3 heteroatoms. The highest BCUT2D eigenvalue weighted by molar-refractivity contribution is 5.78. The number of rotatable bonds is 4. The molecule has 0 spiro atoms. The van der Waals surface area contributed by atoms with Crippen LogP contribution < -0.4 is 4.74 Å². The summed E-state index contributed by atoms with van der Waals surface area (Å²) in [6.45, 7) is 2.20. The molecular formula is C22H20N2O. The second-order valence-electron chi connectivity index (χ2n) is 6.12. The van der Waals surface area contributed by atoms with Crippen LogP contribution in [0.5, 0.6) is 5.75 Å². The minimum Gasteiger partial charge on any atom is -0.497 e. The third kappa shape index (κ3) is 2.78. The molecule has 1 aromatic heterocycles. The molecule has 0 aliphatic rings. The quantitative estimate of drug-likeness (QED) is 0.516.